The lowest BCUT2D eigenvalue weighted by atomic mass is 9.92. The summed E-state index contributed by atoms with van der Waals surface area (Å²) >= 11 is 0. The zero-order valence-corrected chi connectivity index (χ0v) is 10.6. The number of amides is 1. The van der Waals surface area contributed by atoms with Crippen molar-refractivity contribution >= 4 is 5.91 Å². The molecule has 17 heavy (non-hydrogen) atoms. The Labute approximate surface area is 103 Å². The van der Waals surface area contributed by atoms with Gasteiger partial charge in [-0.1, -0.05) is 12.2 Å². The second-order valence-electron chi connectivity index (χ2n) is 5.43. The van der Waals surface area contributed by atoms with Gasteiger partial charge in [-0.2, -0.15) is 0 Å². The number of hydrogen-bond donors (Lipinski definition) is 1. The topological polar surface area (TPSA) is 40.5 Å². The van der Waals surface area contributed by atoms with E-state index in [0.29, 0.717) is 17.7 Å². The first-order valence-corrected chi connectivity index (χ1v) is 6.76. The third-order valence-corrected chi connectivity index (χ3v) is 4.12. The maximum atomic E-state index is 12.2. The van der Waals surface area contributed by atoms with E-state index in [0.717, 1.165) is 32.2 Å². The maximum Gasteiger partial charge on any atom is 0.226 e. The number of carbonyl (C=O) groups is 1. The van der Waals surface area contributed by atoms with E-state index < -0.39 is 0 Å². The SMILES string of the molecule is CN(CCCCCO)C(=O)C1CC2C=CC1C2. The van der Waals surface area contributed by atoms with Gasteiger partial charge in [0, 0.05) is 26.1 Å². The van der Waals surface area contributed by atoms with Crippen molar-refractivity contribution in [1.29, 1.82) is 0 Å². The molecule has 3 atom stereocenters. The van der Waals surface area contributed by atoms with Gasteiger partial charge in [-0.25, -0.2) is 0 Å². The molecule has 3 heteroatoms. The van der Waals surface area contributed by atoms with Gasteiger partial charge < -0.3 is 10.0 Å². The van der Waals surface area contributed by atoms with Crippen molar-refractivity contribution in [3.8, 4) is 0 Å². The van der Waals surface area contributed by atoms with Gasteiger partial charge in [0.2, 0.25) is 5.91 Å². The van der Waals surface area contributed by atoms with Gasteiger partial charge in [0.15, 0.2) is 0 Å². The molecule has 1 N–H and O–H groups in total. The lowest BCUT2D eigenvalue weighted by Crippen LogP contribution is -2.35. The predicted molar refractivity (Wildman–Crippen MR) is 67.4 cm³/mol. The molecule has 0 aliphatic heterocycles. The van der Waals surface area contributed by atoms with Crippen LogP contribution in [0.5, 0.6) is 0 Å². The summed E-state index contributed by atoms with van der Waals surface area (Å²) in [5, 5.41) is 8.70. The van der Waals surface area contributed by atoms with E-state index in [1.807, 2.05) is 11.9 Å². The van der Waals surface area contributed by atoms with Crippen molar-refractivity contribution < 1.29 is 9.90 Å². The Morgan fingerprint density at radius 3 is 2.71 bits per heavy atom. The van der Waals surface area contributed by atoms with E-state index in [1.165, 1.54) is 6.42 Å². The van der Waals surface area contributed by atoms with Gasteiger partial charge in [0.25, 0.3) is 0 Å². The molecule has 3 nitrogen and oxygen atoms in total. The van der Waals surface area contributed by atoms with Crippen LogP contribution in [-0.2, 0) is 4.79 Å². The molecule has 2 aliphatic carbocycles. The van der Waals surface area contributed by atoms with Crippen LogP contribution in [0.1, 0.15) is 32.1 Å². The summed E-state index contributed by atoms with van der Waals surface area (Å²) in [5.74, 6) is 1.74. The van der Waals surface area contributed by atoms with E-state index in [4.69, 9.17) is 5.11 Å². The van der Waals surface area contributed by atoms with Gasteiger partial charge in [-0.15, -0.1) is 0 Å². The predicted octanol–water partition coefficient (Wildman–Crippen LogP) is 1.82. The normalized spacial score (nSPS) is 29.9. The molecule has 1 amide bonds. The summed E-state index contributed by atoms with van der Waals surface area (Å²) in [6, 6.07) is 0. The minimum absolute atomic E-state index is 0.243. The molecule has 0 aromatic heterocycles. The smallest absolute Gasteiger partial charge is 0.226 e. The number of hydrogen-bond acceptors (Lipinski definition) is 2. The molecule has 0 radical (unpaired) electrons. The minimum atomic E-state index is 0.243. The largest absolute Gasteiger partial charge is 0.396 e. The molecule has 0 aromatic rings. The van der Waals surface area contributed by atoms with Gasteiger partial charge >= 0.3 is 0 Å². The average Bonchev–Trinajstić information content (AvgIpc) is 2.95. The summed E-state index contributed by atoms with van der Waals surface area (Å²) < 4.78 is 0. The number of rotatable bonds is 6. The minimum Gasteiger partial charge on any atom is -0.396 e. The van der Waals surface area contributed by atoms with Crippen molar-refractivity contribution in [2.24, 2.45) is 17.8 Å². The summed E-state index contributed by atoms with van der Waals surface area (Å²) in [5.41, 5.74) is 0. The lowest BCUT2D eigenvalue weighted by molar-refractivity contribution is -0.135. The van der Waals surface area contributed by atoms with Crippen LogP contribution in [0, 0.1) is 17.8 Å². The molecule has 96 valence electrons. The first-order valence-electron chi connectivity index (χ1n) is 6.76. The molecule has 2 bridgehead atoms. The number of unbranched alkanes of at least 4 members (excludes halogenated alkanes) is 2. The average molecular weight is 237 g/mol. The Hall–Kier alpha value is -0.830. The van der Waals surface area contributed by atoms with Crippen LogP contribution in [-0.4, -0.2) is 36.1 Å². The Bertz CT molecular complexity index is 301. The van der Waals surface area contributed by atoms with Crippen molar-refractivity contribution in [2.75, 3.05) is 20.2 Å². The molecule has 3 unspecified atom stereocenters. The third kappa shape index (κ3) is 2.89. The highest BCUT2D eigenvalue weighted by molar-refractivity contribution is 5.79. The van der Waals surface area contributed by atoms with Gasteiger partial charge in [0.1, 0.15) is 0 Å². The summed E-state index contributed by atoms with van der Waals surface area (Å²) in [6.45, 7) is 1.09. The molecule has 2 aliphatic rings. The van der Waals surface area contributed by atoms with Crippen molar-refractivity contribution in [3.05, 3.63) is 12.2 Å². The van der Waals surface area contributed by atoms with E-state index in [9.17, 15) is 4.79 Å². The Balaban J connectivity index is 1.74. The van der Waals surface area contributed by atoms with Crippen LogP contribution in [0.3, 0.4) is 0 Å². The number of carbonyl (C=O) groups excluding carboxylic acids is 1. The number of fused-ring (bicyclic) bond motifs is 2. The molecule has 0 saturated heterocycles. The van der Waals surface area contributed by atoms with Gasteiger partial charge in [-0.05, 0) is 43.9 Å². The fourth-order valence-corrected chi connectivity index (χ4v) is 3.10. The van der Waals surface area contributed by atoms with Crippen molar-refractivity contribution in [2.45, 2.75) is 32.1 Å². The van der Waals surface area contributed by atoms with Gasteiger partial charge in [0.05, 0.1) is 0 Å². The second-order valence-corrected chi connectivity index (χ2v) is 5.43. The standard InChI is InChI=1S/C14H23NO2/c1-15(7-3-2-4-8-16)14(17)13-10-11-5-6-12(13)9-11/h5-6,11-13,16H,2-4,7-10H2,1H3. The quantitative estimate of drug-likeness (QED) is 0.565. The Kier molecular flexibility index (Phi) is 4.21. The van der Waals surface area contributed by atoms with Crippen LogP contribution in [0.15, 0.2) is 12.2 Å². The highest BCUT2D eigenvalue weighted by Crippen LogP contribution is 2.44. The zero-order valence-electron chi connectivity index (χ0n) is 10.6. The van der Waals surface area contributed by atoms with Crippen LogP contribution < -0.4 is 0 Å². The second kappa shape index (κ2) is 5.67. The zero-order chi connectivity index (χ0) is 12.3. The highest BCUT2D eigenvalue weighted by Gasteiger charge is 2.40. The molecule has 0 spiro atoms. The van der Waals surface area contributed by atoms with Crippen LogP contribution in [0.25, 0.3) is 0 Å². The first kappa shape index (κ1) is 12.6. The summed E-state index contributed by atoms with van der Waals surface area (Å²) in [7, 11) is 1.91. The molecule has 0 aromatic carbocycles. The van der Waals surface area contributed by atoms with E-state index >= 15 is 0 Å². The third-order valence-electron chi connectivity index (χ3n) is 4.12. The molecular formula is C14H23NO2. The van der Waals surface area contributed by atoms with Crippen LogP contribution in [0.2, 0.25) is 0 Å². The van der Waals surface area contributed by atoms with Crippen LogP contribution >= 0.6 is 0 Å². The van der Waals surface area contributed by atoms with Gasteiger partial charge in [-0.3, -0.25) is 4.79 Å². The molecule has 1 fully saturated rings. The molecule has 1 saturated carbocycles. The molecular weight excluding hydrogens is 214 g/mol. The number of allylic oxidation sites excluding steroid dienone is 2. The lowest BCUT2D eigenvalue weighted by Gasteiger charge is -2.24. The number of aliphatic hydroxyl groups excluding tert-OH is 1. The van der Waals surface area contributed by atoms with E-state index in [-0.39, 0.29) is 12.5 Å². The van der Waals surface area contributed by atoms with Crippen molar-refractivity contribution in [3.63, 3.8) is 0 Å². The fourth-order valence-electron chi connectivity index (χ4n) is 3.10. The van der Waals surface area contributed by atoms with E-state index in [1.54, 1.807) is 0 Å². The Morgan fingerprint density at radius 1 is 1.29 bits per heavy atom. The molecule has 0 heterocycles. The molecule has 2 rings (SSSR count). The first-order chi connectivity index (χ1) is 8.22. The van der Waals surface area contributed by atoms with Crippen LogP contribution in [0.4, 0.5) is 0 Å². The monoisotopic (exact) mass is 237 g/mol. The Morgan fingerprint density at radius 2 is 2.12 bits per heavy atom. The summed E-state index contributed by atoms with van der Waals surface area (Å²) in [6.07, 6.45) is 9.60. The summed E-state index contributed by atoms with van der Waals surface area (Å²) in [4.78, 5) is 14.1. The maximum absolute atomic E-state index is 12.2. The highest BCUT2D eigenvalue weighted by atomic mass is 16.2. The number of aliphatic hydroxyl groups is 1. The van der Waals surface area contributed by atoms with E-state index in [2.05, 4.69) is 12.2 Å². The van der Waals surface area contributed by atoms with Crippen molar-refractivity contribution in [1.82, 2.24) is 4.90 Å². The number of nitrogens with zero attached hydrogens (tertiary/aromatic N) is 1. The fraction of sp³-hybridized carbons (Fsp3) is 0.786.